The topological polar surface area (TPSA) is 107 Å². The average molecular weight is 363 g/mol. The van der Waals surface area contributed by atoms with Crippen molar-refractivity contribution in [2.45, 2.75) is 20.0 Å². The van der Waals surface area contributed by atoms with Crippen LogP contribution in [0, 0.1) is 0 Å². The van der Waals surface area contributed by atoms with Crippen molar-refractivity contribution in [3.05, 3.63) is 35.3 Å². The first-order valence-electron chi connectivity index (χ1n) is 7.28. The van der Waals surface area contributed by atoms with Crippen LogP contribution in [0.2, 0.25) is 0 Å². The summed E-state index contributed by atoms with van der Waals surface area (Å²) in [5, 5.41) is 6.84. The van der Waals surface area contributed by atoms with Crippen LogP contribution in [0.5, 0.6) is 5.75 Å². The van der Waals surface area contributed by atoms with E-state index in [0.717, 1.165) is 11.3 Å². The second kappa shape index (κ2) is 8.25. The number of ether oxygens (including phenoxy) is 2. The van der Waals surface area contributed by atoms with Crippen LogP contribution in [0.4, 0.5) is 10.8 Å². The Morgan fingerprint density at radius 3 is 2.44 bits per heavy atom. The predicted octanol–water partition coefficient (Wildman–Crippen LogP) is 2.29. The highest BCUT2D eigenvalue weighted by molar-refractivity contribution is 7.14. The molecule has 8 nitrogen and oxygen atoms in total. The Balaban J connectivity index is 1.91. The molecule has 9 heteroatoms. The Bertz CT molecular complexity index is 772. The molecule has 0 spiro atoms. The Labute approximate surface area is 148 Å². The fourth-order valence-corrected chi connectivity index (χ4v) is 2.49. The number of rotatable bonds is 6. The highest BCUT2D eigenvalue weighted by Gasteiger charge is 2.21. The molecule has 1 aromatic carbocycles. The summed E-state index contributed by atoms with van der Waals surface area (Å²) < 4.78 is 10.1. The van der Waals surface area contributed by atoms with Crippen molar-refractivity contribution >= 4 is 39.9 Å². The molecule has 2 N–H and O–H groups in total. The molecule has 25 heavy (non-hydrogen) atoms. The predicted molar refractivity (Wildman–Crippen MR) is 92.9 cm³/mol. The van der Waals surface area contributed by atoms with E-state index >= 15 is 0 Å². The lowest BCUT2D eigenvalue weighted by Crippen LogP contribution is -2.30. The van der Waals surface area contributed by atoms with Crippen molar-refractivity contribution in [1.82, 2.24) is 4.98 Å². The third kappa shape index (κ3) is 5.28. The van der Waals surface area contributed by atoms with E-state index in [-0.39, 0.29) is 16.7 Å². The summed E-state index contributed by atoms with van der Waals surface area (Å²) in [5.41, 5.74) is 0.577. The maximum atomic E-state index is 12.1. The van der Waals surface area contributed by atoms with Crippen molar-refractivity contribution in [3.8, 4) is 5.75 Å². The normalized spacial score (nSPS) is 11.3. The van der Waals surface area contributed by atoms with Gasteiger partial charge in [0.15, 0.2) is 16.9 Å². The third-order valence-corrected chi connectivity index (χ3v) is 3.76. The van der Waals surface area contributed by atoms with Gasteiger partial charge < -0.3 is 20.1 Å². The zero-order valence-electron chi connectivity index (χ0n) is 13.9. The summed E-state index contributed by atoms with van der Waals surface area (Å²) in [7, 11) is 1.55. The summed E-state index contributed by atoms with van der Waals surface area (Å²) in [6.07, 6.45) is -1.01. The van der Waals surface area contributed by atoms with E-state index in [1.807, 2.05) is 0 Å². The molecule has 0 radical (unpaired) electrons. The van der Waals surface area contributed by atoms with Crippen LogP contribution in [0.1, 0.15) is 24.3 Å². The molecule has 0 aliphatic heterocycles. The second-order valence-electron chi connectivity index (χ2n) is 4.98. The van der Waals surface area contributed by atoms with Crippen LogP contribution in [0.15, 0.2) is 29.6 Å². The highest BCUT2D eigenvalue weighted by Crippen LogP contribution is 2.18. The van der Waals surface area contributed by atoms with E-state index in [9.17, 15) is 14.4 Å². The van der Waals surface area contributed by atoms with E-state index in [0.29, 0.717) is 11.4 Å². The number of carbonyl (C=O) groups excluding carboxylic acids is 3. The smallest absolute Gasteiger partial charge is 0.358 e. The Kier molecular flexibility index (Phi) is 6.07. The minimum absolute atomic E-state index is 0.0258. The minimum atomic E-state index is -1.01. The summed E-state index contributed by atoms with van der Waals surface area (Å²) in [4.78, 5) is 39.0. The number of methoxy groups -OCH3 is 1. The maximum absolute atomic E-state index is 12.1. The first-order valence-corrected chi connectivity index (χ1v) is 8.16. The van der Waals surface area contributed by atoms with Crippen molar-refractivity contribution in [2.75, 3.05) is 17.7 Å². The molecule has 0 saturated carbocycles. The molecule has 0 aliphatic carbocycles. The Morgan fingerprint density at radius 1 is 1.16 bits per heavy atom. The van der Waals surface area contributed by atoms with Crippen molar-refractivity contribution in [3.63, 3.8) is 0 Å². The van der Waals surface area contributed by atoms with Crippen LogP contribution in [-0.4, -0.2) is 36.0 Å². The van der Waals surface area contributed by atoms with E-state index in [4.69, 9.17) is 9.47 Å². The fraction of sp³-hybridized carbons (Fsp3) is 0.250. The van der Waals surface area contributed by atoms with Gasteiger partial charge in [-0.2, -0.15) is 0 Å². The molecule has 2 rings (SSSR count). The van der Waals surface area contributed by atoms with Gasteiger partial charge >= 0.3 is 5.97 Å². The molecular weight excluding hydrogens is 346 g/mol. The Morgan fingerprint density at radius 2 is 1.84 bits per heavy atom. The number of amides is 2. The largest absolute Gasteiger partial charge is 0.497 e. The number of benzene rings is 1. The summed E-state index contributed by atoms with van der Waals surface area (Å²) in [6.45, 7) is 2.79. The SMILES string of the molecule is COc1ccc(NC(=O)C(C)OC(=O)c2csc(NC(C)=O)n2)cc1. The quantitative estimate of drug-likeness (QED) is 0.763. The Hall–Kier alpha value is -2.94. The molecule has 0 bridgehead atoms. The second-order valence-corrected chi connectivity index (χ2v) is 5.84. The number of nitrogens with zero attached hydrogens (tertiary/aromatic N) is 1. The number of hydrogen-bond acceptors (Lipinski definition) is 7. The fourth-order valence-electron chi connectivity index (χ4n) is 1.77. The lowest BCUT2D eigenvalue weighted by Gasteiger charge is -2.13. The molecule has 132 valence electrons. The molecule has 1 heterocycles. The van der Waals surface area contributed by atoms with E-state index < -0.39 is 18.0 Å². The minimum Gasteiger partial charge on any atom is -0.497 e. The van der Waals surface area contributed by atoms with Crippen molar-refractivity contribution in [1.29, 1.82) is 0 Å². The number of thiazole rings is 1. The lowest BCUT2D eigenvalue weighted by molar-refractivity contribution is -0.123. The van der Waals surface area contributed by atoms with Gasteiger partial charge in [-0.05, 0) is 31.2 Å². The zero-order chi connectivity index (χ0) is 18.4. The first-order chi connectivity index (χ1) is 11.9. The van der Waals surface area contributed by atoms with Crippen LogP contribution in [0.25, 0.3) is 0 Å². The summed E-state index contributed by atoms with van der Waals surface area (Å²) in [5.74, 6) is -0.849. The van der Waals surface area contributed by atoms with Crippen molar-refractivity contribution in [2.24, 2.45) is 0 Å². The van der Waals surface area contributed by atoms with Gasteiger partial charge in [-0.15, -0.1) is 11.3 Å². The number of aromatic nitrogens is 1. The molecule has 2 amide bonds. The number of carbonyl (C=O) groups is 3. The van der Waals surface area contributed by atoms with Gasteiger partial charge in [-0.25, -0.2) is 9.78 Å². The van der Waals surface area contributed by atoms with Crippen LogP contribution in [0.3, 0.4) is 0 Å². The average Bonchev–Trinajstić information content (AvgIpc) is 3.03. The molecular formula is C16H17N3O5S. The first kappa shape index (κ1) is 18.4. The van der Waals surface area contributed by atoms with Gasteiger partial charge in [0.05, 0.1) is 7.11 Å². The van der Waals surface area contributed by atoms with Gasteiger partial charge in [-0.3, -0.25) is 9.59 Å². The van der Waals surface area contributed by atoms with Crippen molar-refractivity contribution < 1.29 is 23.9 Å². The van der Waals surface area contributed by atoms with Gasteiger partial charge in [0.2, 0.25) is 5.91 Å². The monoisotopic (exact) mass is 363 g/mol. The highest BCUT2D eigenvalue weighted by atomic mass is 32.1. The molecule has 2 aromatic rings. The standard InChI is InChI=1S/C16H17N3O5S/c1-9(14(21)18-11-4-6-12(23-3)7-5-11)24-15(22)13-8-25-16(19-13)17-10(2)20/h4-9H,1-3H3,(H,18,21)(H,17,19,20). The van der Waals surface area contributed by atoms with E-state index in [1.165, 1.54) is 19.2 Å². The zero-order valence-corrected chi connectivity index (χ0v) is 14.7. The van der Waals surface area contributed by atoms with Crippen LogP contribution in [-0.2, 0) is 14.3 Å². The van der Waals surface area contributed by atoms with Gasteiger partial charge in [0.25, 0.3) is 5.91 Å². The van der Waals surface area contributed by atoms with Crippen LogP contribution < -0.4 is 15.4 Å². The molecule has 0 aliphatic rings. The number of nitrogens with one attached hydrogen (secondary N) is 2. The maximum Gasteiger partial charge on any atom is 0.358 e. The van der Waals surface area contributed by atoms with Gasteiger partial charge in [0, 0.05) is 18.0 Å². The molecule has 0 saturated heterocycles. The lowest BCUT2D eigenvalue weighted by atomic mass is 10.3. The summed E-state index contributed by atoms with van der Waals surface area (Å²) in [6, 6.07) is 6.74. The third-order valence-electron chi connectivity index (χ3n) is 3.01. The molecule has 0 fully saturated rings. The molecule has 1 atom stereocenters. The van der Waals surface area contributed by atoms with E-state index in [2.05, 4.69) is 15.6 Å². The molecule has 1 unspecified atom stereocenters. The van der Waals surface area contributed by atoms with Crippen LogP contribution >= 0.6 is 11.3 Å². The number of hydrogen-bond donors (Lipinski definition) is 2. The number of esters is 1. The number of anilines is 2. The summed E-state index contributed by atoms with van der Waals surface area (Å²) >= 11 is 1.09. The van der Waals surface area contributed by atoms with Gasteiger partial charge in [0.1, 0.15) is 5.75 Å². The van der Waals surface area contributed by atoms with Gasteiger partial charge in [-0.1, -0.05) is 0 Å². The molecule has 1 aromatic heterocycles. The van der Waals surface area contributed by atoms with E-state index in [1.54, 1.807) is 31.4 Å².